The first-order chi connectivity index (χ1) is 6.54. The van der Waals surface area contributed by atoms with Crippen molar-refractivity contribution < 1.29 is 4.74 Å². The van der Waals surface area contributed by atoms with Crippen LogP contribution in [0.4, 0.5) is 0 Å². The van der Waals surface area contributed by atoms with E-state index in [2.05, 4.69) is 38.0 Å². The highest BCUT2D eigenvalue weighted by Crippen LogP contribution is 2.11. The summed E-state index contributed by atoms with van der Waals surface area (Å²) < 4.78 is 5.17. The van der Waals surface area contributed by atoms with Crippen molar-refractivity contribution in [3.05, 3.63) is 0 Å². The Balaban J connectivity index is 4.19. The summed E-state index contributed by atoms with van der Waals surface area (Å²) in [4.78, 5) is 2.39. The summed E-state index contributed by atoms with van der Waals surface area (Å²) in [5.41, 5.74) is 0. The van der Waals surface area contributed by atoms with Crippen LogP contribution in [0.15, 0.2) is 0 Å². The SMILES string of the molecule is CNCC(C(C)C)N(C)C(C)COC. The average Bonchev–Trinajstić information content (AvgIpc) is 2.13. The zero-order chi connectivity index (χ0) is 11.1. The van der Waals surface area contributed by atoms with E-state index < -0.39 is 0 Å². The molecule has 0 aliphatic rings. The van der Waals surface area contributed by atoms with Gasteiger partial charge in [-0.25, -0.2) is 0 Å². The van der Waals surface area contributed by atoms with Crippen LogP contribution < -0.4 is 5.32 Å². The van der Waals surface area contributed by atoms with Crippen LogP contribution in [0.3, 0.4) is 0 Å². The molecule has 3 heteroatoms. The molecular formula is C11H26N2O. The Morgan fingerprint density at radius 1 is 1.29 bits per heavy atom. The van der Waals surface area contributed by atoms with Crippen molar-refractivity contribution >= 4 is 0 Å². The third-order valence-electron chi connectivity index (χ3n) is 2.81. The number of likely N-dealkylation sites (N-methyl/N-ethyl adjacent to an activating group) is 2. The summed E-state index contributed by atoms with van der Waals surface area (Å²) in [5.74, 6) is 0.659. The van der Waals surface area contributed by atoms with Crippen LogP contribution in [-0.4, -0.2) is 51.3 Å². The van der Waals surface area contributed by atoms with E-state index in [0.717, 1.165) is 13.2 Å². The lowest BCUT2D eigenvalue weighted by atomic mass is 10.0. The molecule has 0 aromatic heterocycles. The molecular weight excluding hydrogens is 176 g/mol. The summed E-state index contributed by atoms with van der Waals surface area (Å²) in [6.45, 7) is 8.55. The molecule has 0 aromatic rings. The van der Waals surface area contributed by atoms with Crippen LogP contribution >= 0.6 is 0 Å². The standard InChI is InChI=1S/C11H26N2O/c1-9(2)11(7-12-4)13(5)10(3)8-14-6/h9-12H,7-8H2,1-6H3. The molecule has 0 fully saturated rings. The molecule has 2 atom stereocenters. The number of ether oxygens (including phenoxy) is 1. The van der Waals surface area contributed by atoms with Crippen molar-refractivity contribution in [3.8, 4) is 0 Å². The molecule has 0 aromatic carbocycles. The van der Waals surface area contributed by atoms with Gasteiger partial charge in [0.1, 0.15) is 0 Å². The van der Waals surface area contributed by atoms with Crippen molar-refractivity contribution in [1.29, 1.82) is 0 Å². The largest absolute Gasteiger partial charge is 0.383 e. The van der Waals surface area contributed by atoms with E-state index in [1.54, 1.807) is 7.11 Å². The third kappa shape index (κ3) is 4.40. The van der Waals surface area contributed by atoms with Crippen molar-refractivity contribution in [2.24, 2.45) is 5.92 Å². The number of rotatable bonds is 7. The van der Waals surface area contributed by atoms with Gasteiger partial charge in [-0.3, -0.25) is 4.90 Å². The third-order valence-corrected chi connectivity index (χ3v) is 2.81. The van der Waals surface area contributed by atoms with Gasteiger partial charge in [0.25, 0.3) is 0 Å². The molecule has 3 nitrogen and oxygen atoms in total. The minimum absolute atomic E-state index is 0.473. The van der Waals surface area contributed by atoms with Gasteiger partial charge in [-0.1, -0.05) is 13.8 Å². The molecule has 0 amide bonds. The van der Waals surface area contributed by atoms with Crippen LogP contribution in [0.5, 0.6) is 0 Å². The van der Waals surface area contributed by atoms with E-state index in [9.17, 15) is 0 Å². The van der Waals surface area contributed by atoms with Crippen LogP contribution in [0.1, 0.15) is 20.8 Å². The molecule has 0 radical (unpaired) electrons. The fourth-order valence-electron chi connectivity index (χ4n) is 1.74. The van der Waals surface area contributed by atoms with Crippen LogP contribution in [0.25, 0.3) is 0 Å². The van der Waals surface area contributed by atoms with Gasteiger partial charge in [-0.05, 0) is 26.9 Å². The van der Waals surface area contributed by atoms with Crippen LogP contribution in [-0.2, 0) is 4.74 Å². The Morgan fingerprint density at radius 2 is 1.86 bits per heavy atom. The molecule has 2 unspecified atom stereocenters. The van der Waals surface area contributed by atoms with Gasteiger partial charge >= 0.3 is 0 Å². The highest BCUT2D eigenvalue weighted by atomic mass is 16.5. The van der Waals surface area contributed by atoms with Gasteiger partial charge in [0.2, 0.25) is 0 Å². The Kier molecular flexibility index (Phi) is 7.15. The molecule has 0 spiro atoms. The molecule has 0 aliphatic heterocycles. The molecule has 0 saturated carbocycles. The lowest BCUT2D eigenvalue weighted by Gasteiger charge is -2.35. The van der Waals surface area contributed by atoms with E-state index in [4.69, 9.17) is 4.74 Å². The maximum atomic E-state index is 5.17. The zero-order valence-electron chi connectivity index (χ0n) is 10.5. The smallest absolute Gasteiger partial charge is 0.0615 e. The molecule has 0 bridgehead atoms. The molecule has 0 heterocycles. The van der Waals surface area contributed by atoms with E-state index in [0.29, 0.717) is 18.0 Å². The fraction of sp³-hybridized carbons (Fsp3) is 1.00. The first kappa shape index (κ1) is 13.9. The van der Waals surface area contributed by atoms with Gasteiger partial charge in [-0.2, -0.15) is 0 Å². The van der Waals surface area contributed by atoms with E-state index in [1.165, 1.54) is 0 Å². The van der Waals surface area contributed by atoms with E-state index in [1.807, 2.05) is 7.05 Å². The summed E-state index contributed by atoms with van der Waals surface area (Å²) in [6.07, 6.45) is 0. The van der Waals surface area contributed by atoms with Gasteiger partial charge in [-0.15, -0.1) is 0 Å². The molecule has 0 rings (SSSR count). The van der Waals surface area contributed by atoms with Gasteiger partial charge in [0.15, 0.2) is 0 Å². The first-order valence-electron chi connectivity index (χ1n) is 5.40. The number of methoxy groups -OCH3 is 1. The number of hydrogen-bond donors (Lipinski definition) is 1. The topological polar surface area (TPSA) is 24.5 Å². The lowest BCUT2D eigenvalue weighted by molar-refractivity contribution is 0.0737. The quantitative estimate of drug-likeness (QED) is 0.671. The van der Waals surface area contributed by atoms with Crippen molar-refractivity contribution in [1.82, 2.24) is 10.2 Å². The van der Waals surface area contributed by atoms with Crippen molar-refractivity contribution in [2.75, 3.05) is 34.4 Å². The van der Waals surface area contributed by atoms with Gasteiger partial charge in [0.05, 0.1) is 6.61 Å². The lowest BCUT2D eigenvalue weighted by Crippen LogP contribution is -2.48. The maximum Gasteiger partial charge on any atom is 0.0615 e. The molecule has 14 heavy (non-hydrogen) atoms. The summed E-state index contributed by atoms with van der Waals surface area (Å²) in [7, 11) is 5.93. The van der Waals surface area contributed by atoms with Crippen molar-refractivity contribution in [3.63, 3.8) is 0 Å². The summed E-state index contributed by atoms with van der Waals surface area (Å²) in [5, 5.41) is 3.24. The average molecular weight is 202 g/mol. The monoisotopic (exact) mass is 202 g/mol. The second-order valence-corrected chi connectivity index (χ2v) is 4.34. The van der Waals surface area contributed by atoms with Gasteiger partial charge in [0, 0.05) is 25.7 Å². The zero-order valence-corrected chi connectivity index (χ0v) is 10.5. The molecule has 0 saturated heterocycles. The van der Waals surface area contributed by atoms with E-state index >= 15 is 0 Å². The highest BCUT2D eigenvalue weighted by molar-refractivity contribution is 4.77. The second kappa shape index (κ2) is 7.21. The number of hydrogen-bond acceptors (Lipinski definition) is 3. The van der Waals surface area contributed by atoms with Crippen LogP contribution in [0, 0.1) is 5.92 Å². The first-order valence-corrected chi connectivity index (χ1v) is 5.40. The number of nitrogens with one attached hydrogen (secondary N) is 1. The summed E-state index contributed by atoms with van der Waals surface area (Å²) in [6, 6.07) is 1.05. The predicted octanol–water partition coefficient (Wildman–Crippen LogP) is 1.20. The van der Waals surface area contributed by atoms with Crippen LogP contribution in [0.2, 0.25) is 0 Å². The molecule has 1 N–H and O–H groups in total. The second-order valence-electron chi connectivity index (χ2n) is 4.34. The molecule has 86 valence electrons. The Labute approximate surface area is 88.8 Å². The minimum atomic E-state index is 0.473. The Hall–Kier alpha value is -0.120. The normalized spacial score (nSPS) is 16.3. The van der Waals surface area contributed by atoms with Gasteiger partial charge < -0.3 is 10.1 Å². The predicted molar refractivity (Wildman–Crippen MR) is 61.7 cm³/mol. The Morgan fingerprint density at radius 3 is 2.21 bits per heavy atom. The minimum Gasteiger partial charge on any atom is -0.383 e. The van der Waals surface area contributed by atoms with E-state index in [-0.39, 0.29) is 0 Å². The maximum absolute atomic E-state index is 5.17. The Bertz CT molecular complexity index is 139. The number of nitrogens with zero attached hydrogens (tertiary/aromatic N) is 1. The van der Waals surface area contributed by atoms with Crippen molar-refractivity contribution in [2.45, 2.75) is 32.9 Å². The highest BCUT2D eigenvalue weighted by Gasteiger charge is 2.21. The fourth-order valence-corrected chi connectivity index (χ4v) is 1.74. The summed E-state index contributed by atoms with van der Waals surface area (Å²) >= 11 is 0. The molecule has 0 aliphatic carbocycles.